The van der Waals surface area contributed by atoms with Gasteiger partial charge in [-0.25, -0.2) is 9.97 Å². The summed E-state index contributed by atoms with van der Waals surface area (Å²) in [6.07, 6.45) is -0.890. The molecule has 2 N–H and O–H groups in total. The Labute approximate surface area is 172 Å². The molecule has 0 saturated carbocycles. The highest BCUT2D eigenvalue weighted by molar-refractivity contribution is 5.45. The van der Waals surface area contributed by atoms with Gasteiger partial charge in [0.2, 0.25) is 5.95 Å². The van der Waals surface area contributed by atoms with Crippen LogP contribution in [0.3, 0.4) is 0 Å². The molecular weight excluding hydrogens is 399 g/mol. The molecule has 0 amide bonds. The molecule has 2 saturated heterocycles. The Morgan fingerprint density at radius 2 is 1.80 bits per heavy atom. The first-order chi connectivity index (χ1) is 14.5. The second-order valence-corrected chi connectivity index (χ2v) is 7.32. The van der Waals surface area contributed by atoms with Gasteiger partial charge < -0.3 is 25.0 Å². The van der Waals surface area contributed by atoms with E-state index < -0.39 is 11.7 Å². The Balaban J connectivity index is 1.30. The molecule has 2 fully saturated rings. The minimum atomic E-state index is -4.33. The van der Waals surface area contributed by atoms with Gasteiger partial charge in [0.25, 0.3) is 0 Å². The van der Waals surface area contributed by atoms with Crippen LogP contribution in [0.15, 0.2) is 36.7 Å². The Morgan fingerprint density at radius 1 is 1.10 bits per heavy atom. The van der Waals surface area contributed by atoms with Crippen LogP contribution in [-0.2, 0) is 22.3 Å². The SMILES string of the molecule is FC(F)(F)c1ccc(COC2CNCC2Nc2ncc(N3CCOCC3)cn2)cc1. The van der Waals surface area contributed by atoms with Crippen molar-refractivity contribution < 1.29 is 22.6 Å². The van der Waals surface area contributed by atoms with Crippen LogP contribution in [0.25, 0.3) is 0 Å². The Hall–Kier alpha value is -2.43. The predicted molar refractivity (Wildman–Crippen MR) is 105 cm³/mol. The molecule has 2 aliphatic rings. The smallest absolute Gasteiger partial charge is 0.378 e. The number of morpholine rings is 1. The lowest BCUT2D eigenvalue weighted by atomic mass is 10.1. The third-order valence-electron chi connectivity index (χ3n) is 5.23. The van der Waals surface area contributed by atoms with Crippen molar-refractivity contribution >= 4 is 11.6 Å². The first-order valence-corrected chi connectivity index (χ1v) is 9.89. The summed E-state index contributed by atoms with van der Waals surface area (Å²) in [6.45, 7) is 4.61. The molecule has 162 valence electrons. The number of benzene rings is 1. The standard InChI is InChI=1S/C20H24F3N5O2/c21-20(22,23)15-3-1-14(2-4-15)13-30-18-12-24-11-17(18)27-19-25-9-16(10-26-19)28-5-7-29-8-6-28/h1-4,9-10,17-18,24H,5-8,11-13H2,(H,25,26,27). The summed E-state index contributed by atoms with van der Waals surface area (Å²) in [5.41, 5.74) is 0.995. The number of nitrogens with zero attached hydrogens (tertiary/aromatic N) is 3. The summed E-state index contributed by atoms with van der Waals surface area (Å²) in [5.74, 6) is 0.517. The van der Waals surface area contributed by atoms with Crippen molar-refractivity contribution in [1.29, 1.82) is 0 Å². The lowest BCUT2D eigenvalue weighted by Crippen LogP contribution is -2.37. The van der Waals surface area contributed by atoms with Crippen molar-refractivity contribution in [3.8, 4) is 0 Å². The van der Waals surface area contributed by atoms with Crippen molar-refractivity contribution in [2.45, 2.75) is 24.9 Å². The van der Waals surface area contributed by atoms with E-state index in [1.54, 1.807) is 12.4 Å². The maximum Gasteiger partial charge on any atom is 0.416 e. The van der Waals surface area contributed by atoms with Crippen LogP contribution in [0.4, 0.5) is 24.8 Å². The molecule has 30 heavy (non-hydrogen) atoms. The van der Waals surface area contributed by atoms with Crippen LogP contribution in [0, 0.1) is 0 Å². The minimum absolute atomic E-state index is 0.0336. The Kier molecular flexibility index (Phi) is 6.35. The summed E-state index contributed by atoms with van der Waals surface area (Å²) >= 11 is 0. The van der Waals surface area contributed by atoms with Crippen molar-refractivity contribution in [1.82, 2.24) is 15.3 Å². The Bertz CT molecular complexity index is 811. The second kappa shape index (κ2) is 9.15. The van der Waals surface area contributed by atoms with Gasteiger partial charge in [-0.2, -0.15) is 13.2 Å². The molecular formula is C20H24F3N5O2. The first kappa shape index (κ1) is 20.8. The van der Waals surface area contributed by atoms with E-state index in [0.717, 1.165) is 30.9 Å². The number of aromatic nitrogens is 2. The van der Waals surface area contributed by atoms with Crippen LogP contribution in [0.1, 0.15) is 11.1 Å². The summed E-state index contributed by atoms with van der Waals surface area (Å²) in [5, 5.41) is 6.54. The molecule has 1 aromatic heterocycles. The van der Waals surface area contributed by atoms with E-state index in [0.29, 0.717) is 37.8 Å². The number of alkyl halides is 3. The Morgan fingerprint density at radius 3 is 2.47 bits per heavy atom. The quantitative estimate of drug-likeness (QED) is 0.739. The van der Waals surface area contributed by atoms with Gasteiger partial charge in [0, 0.05) is 26.2 Å². The maximum atomic E-state index is 12.7. The van der Waals surface area contributed by atoms with E-state index in [4.69, 9.17) is 9.47 Å². The summed E-state index contributed by atoms with van der Waals surface area (Å²) < 4.78 is 49.3. The number of nitrogens with one attached hydrogen (secondary N) is 2. The van der Waals surface area contributed by atoms with Crippen LogP contribution >= 0.6 is 0 Å². The topological polar surface area (TPSA) is 71.5 Å². The molecule has 4 rings (SSSR count). The van der Waals surface area contributed by atoms with Crippen LogP contribution in [-0.4, -0.2) is 61.5 Å². The molecule has 1 aromatic carbocycles. The molecule has 0 radical (unpaired) electrons. The van der Waals surface area contributed by atoms with E-state index in [2.05, 4.69) is 25.5 Å². The molecule has 2 aliphatic heterocycles. The number of hydrogen-bond acceptors (Lipinski definition) is 7. The molecule has 0 bridgehead atoms. The van der Waals surface area contributed by atoms with Gasteiger partial charge in [0.05, 0.1) is 55.6 Å². The summed E-state index contributed by atoms with van der Waals surface area (Å²) in [4.78, 5) is 11.0. The number of halogens is 3. The van der Waals surface area contributed by atoms with Crippen molar-refractivity contribution in [3.63, 3.8) is 0 Å². The highest BCUT2D eigenvalue weighted by Gasteiger charge is 2.31. The molecule has 3 heterocycles. The van der Waals surface area contributed by atoms with Gasteiger partial charge in [-0.3, -0.25) is 0 Å². The third kappa shape index (κ3) is 5.18. The predicted octanol–water partition coefficient (Wildman–Crippen LogP) is 2.30. The fourth-order valence-electron chi connectivity index (χ4n) is 3.51. The number of ether oxygens (including phenoxy) is 2. The molecule has 2 aromatic rings. The van der Waals surface area contributed by atoms with Gasteiger partial charge in [-0.1, -0.05) is 12.1 Å². The van der Waals surface area contributed by atoms with Crippen LogP contribution < -0.4 is 15.5 Å². The van der Waals surface area contributed by atoms with E-state index in [1.807, 2.05) is 0 Å². The zero-order valence-electron chi connectivity index (χ0n) is 16.4. The van der Waals surface area contributed by atoms with Gasteiger partial charge in [0.1, 0.15) is 0 Å². The highest BCUT2D eigenvalue weighted by atomic mass is 19.4. The average Bonchev–Trinajstić information content (AvgIpc) is 3.20. The van der Waals surface area contributed by atoms with Gasteiger partial charge in [0.15, 0.2) is 0 Å². The maximum absolute atomic E-state index is 12.7. The zero-order valence-corrected chi connectivity index (χ0v) is 16.4. The van der Waals surface area contributed by atoms with E-state index >= 15 is 0 Å². The average molecular weight is 423 g/mol. The van der Waals surface area contributed by atoms with Gasteiger partial charge >= 0.3 is 6.18 Å². The second-order valence-electron chi connectivity index (χ2n) is 7.32. The molecule has 0 spiro atoms. The lowest BCUT2D eigenvalue weighted by Gasteiger charge is -2.28. The van der Waals surface area contributed by atoms with E-state index in [-0.39, 0.29) is 18.8 Å². The molecule has 2 unspecified atom stereocenters. The largest absolute Gasteiger partial charge is 0.416 e. The minimum Gasteiger partial charge on any atom is -0.378 e. The third-order valence-corrected chi connectivity index (χ3v) is 5.23. The van der Waals surface area contributed by atoms with Crippen LogP contribution in [0.5, 0.6) is 0 Å². The van der Waals surface area contributed by atoms with Crippen molar-refractivity contribution in [2.24, 2.45) is 0 Å². The fraction of sp³-hybridized carbons (Fsp3) is 0.500. The lowest BCUT2D eigenvalue weighted by molar-refractivity contribution is -0.137. The normalized spacial score (nSPS) is 22.3. The monoisotopic (exact) mass is 423 g/mol. The number of hydrogen-bond donors (Lipinski definition) is 2. The molecule has 7 nitrogen and oxygen atoms in total. The number of anilines is 2. The summed E-state index contributed by atoms with van der Waals surface area (Å²) in [6, 6.07) is 5.01. The van der Waals surface area contributed by atoms with E-state index in [9.17, 15) is 13.2 Å². The molecule has 0 aliphatic carbocycles. The van der Waals surface area contributed by atoms with Gasteiger partial charge in [-0.05, 0) is 17.7 Å². The first-order valence-electron chi connectivity index (χ1n) is 9.89. The fourth-order valence-corrected chi connectivity index (χ4v) is 3.51. The number of rotatable bonds is 6. The summed E-state index contributed by atoms with van der Waals surface area (Å²) in [7, 11) is 0. The van der Waals surface area contributed by atoms with Crippen molar-refractivity contribution in [2.75, 3.05) is 49.6 Å². The highest BCUT2D eigenvalue weighted by Crippen LogP contribution is 2.29. The van der Waals surface area contributed by atoms with Crippen LogP contribution in [0.2, 0.25) is 0 Å². The van der Waals surface area contributed by atoms with Gasteiger partial charge in [-0.15, -0.1) is 0 Å². The van der Waals surface area contributed by atoms with Crippen molar-refractivity contribution in [3.05, 3.63) is 47.8 Å². The zero-order chi connectivity index (χ0) is 21.0. The van der Waals surface area contributed by atoms with E-state index in [1.165, 1.54) is 12.1 Å². The molecule has 2 atom stereocenters. The molecule has 10 heteroatoms.